The van der Waals surface area contributed by atoms with Crippen molar-refractivity contribution in [1.29, 1.82) is 0 Å². The Morgan fingerprint density at radius 1 is 1.43 bits per heavy atom. The van der Waals surface area contributed by atoms with Crippen molar-refractivity contribution >= 4 is 40.1 Å². The van der Waals surface area contributed by atoms with E-state index in [1.807, 2.05) is 22.9 Å². The lowest BCUT2D eigenvalue weighted by atomic mass is 10.2. The highest BCUT2D eigenvalue weighted by atomic mass is 35.5. The van der Waals surface area contributed by atoms with Gasteiger partial charge in [0.2, 0.25) is 0 Å². The first kappa shape index (κ1) is 14.3. The number of aldehydes is 1. The molecule has 108 valence electrons. The predicted octanol–water partition coefficient (Wildman–Crippen LogP) is 4.74. The number of nitrogens with zero attached hydrogens (tertiary/aromatic N) is 2. The molecule has 0 aliphatic carbocycles. The quantitative estimate of drug-likeness (QED) is 0.651. The molecule has 3 rings (SSSR count). The summed E-state index contributed by atoms with van der Waals surface area (Å²) < 4.78 is 2.03. The van der Waals surface area contributed by atoms with E-state index in [4.69, 9.17) is 11.6 Å². The Morgan fingerprint density at radius 2 is 2.24 bits per heavy atom. The van der Waals surface area contributed by atoms with Crippen molar-refractivity contribution in [3.05, 3.63) is 51.1 Å². The number of halogens is 1. The van der Waals surface area contributed by atoms with E-state index in [0.717, 1.165) is 27.9 Å². The predicted molar refractivity (Wildman–Crippen MR) is 87.6 cm³/mol. The highest BCUT2D eigenvalue weighted by molar-refractivity contribution is 7.09. The SMILES string of the molecule is CC(C)c1nc(Cn2cc(C=O)c3ccc(Cl)cc32)cs1. The van der Waals surface area contributed by atoms with Crippen molar-refractivity contribution < 1.29 is 4.79 Å². The molecule has 5 heteroatoms. The summed E-state index contributed by atoms with van der Waals surface area (Å²) >= 11 is 7.75. The molecule has 0 bridgehead atoms. The number of carbonyl (C=O) groups excluding carboxylic acids is 1. The summed E-state index contributed by atoms with van der Waals surface area (Å²) in [4.78, 5) is 15.9. The number of hydrogen-bond donors (Lipinski definition) is 0. The molecule has 2 heterocycles. The Labute approximate surface area is 132 Å². The molecule has 1 aromatic carbocycles. The molecule has 0 fully saturated rings. The van der Waals surface area contributed by atoms with Gasteiger partial charge in [0, 0.05) is 33.5 Å². The summed E-state index contributed by atoms with van der Waals surface area (Å²) in [5.74, 6) is 0.435. The minimum absolute atomic E-state index is 0.435. The van der Waals surface area contributed by atoms with E-state index >= 15 is 0 Å². The molecule has 0 radical (unpaired) electrons. The van der Waals surface area contributed by atoms with Crippen LogP contribution in [0.2, 0.25) is 5.02 Å². The van der Waals surface area contributed by atoms with Crippen LogP contribution in [-0.4, -0.2) is 15.8 Å². The molecule has 3 nitrogen and oxygen atoms in total. The first-order valence-electron chi connectivity index (χ1n) is 6.76. The lowest BCUT2D eigenvalue weighted by Crippen LogP contribution is -1.99. The van der Waals surface area contributed by atoms with Gasteiger partial charge >= 0.3 is 0 Å². The summed E-state index contributed by atoms with van der Waals surface area (Å²) in [6, 6.07) is 5.58. The van der Waals surface area contributed by atoms with E-state index < -0.39 is 0 Å². The Morgan fingerprint density at radius 3 is 2.90 bits per heavy atom. The van der Waals surface area contributed by atoms with E-state index in [9.17, 15) is 4.79 Å². The third kappa shape index (κ3) is 2.74. The van der Waals surface area contributed by atoms with Crippen LogP contribution < -0.4 is 0 Å². The molecule has 0 spiro atoms. The molecule has 0 N–H and O–H groups in total. The lowest BCUT2D eigenvalue weighted by molar-refractivity contribution is 0.112. The van der Waals surface area contributed by atoms with Gasteiger partial charge in [-0.15, -0.1) is 11.3 Å². The summed E-state index contributed by atoms with van der Waals surface area (Å²) in [6.07, 6.45) is 2.75. The standard InChI is InChI=1S/C16H15ClN2OS/c1-10(2)16-18-13(9-21-16)7-19-6-11(8-20)14-4-3-12(17)5-15(14)19/h3-6,8-10H,7H2,1-2H3. The maximum atomic E-state index is 11.2. The van der Waals surface area contributed by atoms with Crippen LogP contribution in [0.25, 0.3) is 10.9 Å². The van der Waals surface area contributed by atoms with Gasteiger partial charge < -0.3 is 4.57 Å². The summed E-state index contributed by atoms with van der Waals surface area (Å²) in [5, 5.41) is 4.80. The Balaban J connectivity index is 2.03. The largest absolute Gasteiger partial charge is 0.341 e. The second-order valence-electron chi connectivity index (χ2n) is 5.32. The molecule has 21 heavy (non-hydrogen) atoms. The van der Waals surface area contributed by atoms with Crippen molar-refractivity contribution in [3.63, 3.8) is 0 Å². The van der Waals surface area contributed by atoms with Crippen LogP contribution >= 0.6 is 22.9 Å². The van der Waals surface area contributed by atoms with Gasteiger partial charge in [0.25, 0.3) is 0 Å². The lowest BCUT2D eigenvalue weighted by Gasteiger charge is -2.03. The monoisotopic (exact) mass is 318 g/mol. The molecule has 2 aromatic heterocycles. The molecular formula is C16H15ClN2OS. The van der Waals surface area contributed by atoms with Gasteiger partial charge in [-0.2, -0.15) is 0 Å². The second-order valence-corrected chi connectivity index (χ2v) is 6.65. The molecule has 0 saturated carbocycles. The minimum atomic E-state index is 0.435. The van der Waals surface area contributed by atoms with Crippen LogP contribution in [0.1, 0.15) is 40.8 Å². The molecule has 0 amide bonds. The third-order valence-electron chi connectivity index (χ3n) is 3.40. The molecule has 0 aliphatic rings. The maximum absolute atomic E-state index is 11.2. The maximum Gasteiger partial charge on any atom is 0.152 e. The number of aromatic nitrogens is 2. The number of hydrogen-bond acceptors (Lipinski definition) is 3. The fourth-order valence-corrected chi connectivity index (χ4v) is 3.35. The third-order valence-corrected chi connectivity index (χ3v) is 4.83. The van der Waals surface area contributed by atoms with E-state index in [-0.39, 0.29) is 0 Å². The Kier molecular flexibility index (Phi) is 3.83. The van der Waals surface area contributed by atoms with Gasteiger partial charge in [-0.05, 0) is 12.1 Å². The molecule has 0 aliphatic heterocycles. The molecule has 0 atom stereocenters. The van der Waals surface area contributed by atoms with Gasteiger partial charge in [-0.3, -0.25) is 4.79 Å². The number of rotatable bonds is 4. The average Bonchev–Trinajstić information content (AvgIpc) is 3.04. The average molecular weight is 319 g/mol. The van der Waals surface area contributed by atoms with Gasteiger partial charge in [-0.25, -0.2) is 4.98 Å². The normalized spacial score (nSPS) is 11.4. The highest BCUT2D eigenvalue weighted by Gasteiger charge is 2.11. The van der Waals surface area contributed by atoms with Crippen molar-refractivity contribution in [2.45, 2.75) is 26.3 Å². The summed E-state index contributed by atoms with van der Waals surface area (Å²) in [7, 11) is 0. The van der Waals surface area contributed by atoms with Gasteiger partial charge in [0.15, 0.2) is 6.29 Å². The number of benzene rings is 1. The number of carbonyl (C=O) groups is 1. The Bertz CT molecular complexity index is 804. The molecule has 0 unspecified atom stereocenters. The molecular weight excluding hydrogens is 304 g/mol. The van der Waals surface area contributed by atoms with Gasteiger partial charge in [0.1, 0.15) is 0 Å². The van der Waals surface area contributed by atoms with Crippen molar-refractivity contribution in [1.82, 2.24) is 9.55 Å². The smallest absolute Gasteiger partial charge is 0.152 e. The van der Waals surface area contributed by atoms with Crippen LogP contribution in [0.5, 0.6) is 0 Å². The first-order chi connectivity index (χ1) is 10.1. The van der Waals surface area contributed by atoms with Crippen LogP contribution in [0.4, 0.5) is 0 Å². The second kappa shape index (κ2) is 5.62. The first-order valence-corrected chi connectivity index (χ1v) is 8.02. The van der Waals surface area contributed by atoms with E-state index in [1.54, 1.807) is 17.4 Å². The van der Waals surface area contributed by atoms with Crippen molar-refractivity contribution in [2.75, 3.05) is 0 Å². The Hall–Kier alpha value is -1.65. The topological polar surface area (TPSA) is 34.9 Å². The highest BCUT2D eigenvalue weighted by Crippen LogP contribution is 2.26. The van der Waals surface area contributed by atoms with Crippen LogP contribution in [0, 0.1) is 0 Å². The fraction of sp³-hybridized carbons (Fsp3) is 0.250. The zero-order valence-corrected chi connectivity index (χ0v) is 13.4. The van der Waals surface area contributed by atoms with Crippen LogP contribution in [0.15, 0.2) is 29.8 Å². The van der Waals surface area contributed by atoms with Gasteiger partial charge in [0.05, 0.1) is 22.8 Å². The number of thiazole rings is 1. The van der Waals surface area contributed by atoms with Gasteiger partial charge in [-0.1, -0.05) is 31.5 Å². The zero-order valence-electron chi connectivity index (χ0n) is 11.8. The minimum Gasteiger partial charge on any atom is -0.341 e. The van der Waals surface area contributed by atoms with Crippen molar-refractivity contribution in [2.24, 2.45) is 0 Å². The fourth-order valence-electron chi connectivity index (χ4n) is 2.35. The molecule has 3 aromatic rings. The van der Waals surface area contributed by atoms with E-state index in [1.165, 1.54) is 0 Å². The number of fused-ring (bicyclic) bond motifs is 1. The van der Waals surface area contributed by atoms with Crippen molar-refractivity contribution in [3.8, 4) is 0 Å². The molecule has 0 saturated heterocycles. The van der Waals surface area contributed by atoms with E-state index in [2.05, 4.69) is 24.2 Å². The summed E-state index contributed by atoms with van der Waals surface area (Å²) in [6.45, 7) is 4.92. The summed E-state index contributed by atoms with van der Waals surface area (Å²) in [5.41, 5.74) is 2.66. The van der Waals surface area contributed by atoms with Crippen LogP contribution in [-0.2, 0) is 6.54 Å². The van der Waals surface area contributed by atoms with E-state index in [0.29, 0.717) is 23.0 Å². The van der Waals surface area contributed by atoms with Crippen LogP contribution in [0.3, 0.4) is 0 Å². The zero-order chi connectivity index (χ0) is 15.0.